The second-order valence-electron chi connectivity index (χ2n) is 23.1. The normalized spacial score (nSPS) is 12.5. The number of esters is 3. The maximum absolute atomic E-state index is 12.9. The summed E-state index contributed by atoms with van der Waals surface area (Å²) in [6.45, 7) is 6.61. The van der Waals surface area contributed by atoms with Crippen LogP contribution in [0.5, 0.6) is 0 Å². The van der Waals surface area contributed by atoms with Crippen LogP contribution in [0.25, 0.3) is 0 Å². The molecule has 0 aliphatic rings. The minimum Gasteiger partial charge on any atom is -0.462 e. The highest BCUT2D eigenvalue weighted by molar-refractivity contribution is 5.71. The fourth-order valence-corrected chi connectivity index (χ4v) is 9.99. The van der Waals surface area contributed by atoms with Crippen LogP contribution < -0.4 is 0 Å². The molecule has 458 valence electrons. The molecule has 0 aliphatic heterocycles. The molecular weight excluding hydrogens is 973 g/mol. The molecule has 0 aromatic carbocycles. The van der Waals surface area contributed by atoms with Gasteiger partial charge < -0.3 is 14.2 Å². The zero-order valence-electron chi connectivity index (χ0n) is 52.6. The molecule has 0 rings (SSSR count). The molecule has 0 heterocycles. The third-order valence-corrected chi connectivity index (χ3v) is 15.2. The van der Waals surface area contributed by atoms with E-state index < -0.39 is 6.10 Å². The molecule has 0 aromatic heterocycles. The average molecular weight is 1100 g/mol. The molecule has 0 radical (unpaired) electrons. The van der Waals surface area contributed by atoms with Crippen molar-refractivity contribution in [2.24, 2.45) is 0 Å². The Morgan fingerprint density at radius 2 is 0.456 bits per heavy atom. The number of allylic oxidation sites excluding steroid dienone is 12. The topological polar surface area (TPSA) is 78.9 Å². The van der Waals surface area contributed by atoms with Crippen LogP contribution in [0.4, 0.5) is 0 Å². The van der Waals surface area contributed by atoms with E-state index in [1.807, 2.05) is 0 Å². The fourth-order valence-electron chi connectivity index (χ4n) is 9.99. The first-order valence-electron chi connectivity index (χ1n) is 34.4. The molecule has 0 bridgehead atoms. The molecule has 6 nitrogen and oxygen atoms in total. The van der Waals surface area contributed by atoms with Crippen molar-refractivity contribution in [3.05, 3.63) is 72.9 Å². The summed E-state index contributed by atoms with van der Waals surface area (Å²) >= 11 is 0. The maximum atomic E-state index is 12.9. The van der Waals surface area contributed by atoms with Gasteiger partial charge in [-0.15, -0.1) is 0 Å². The Morgan fingerprint density at radius 1 is 0.253 bits per heavy atom. The first-order chi connectivity index (χ1) is 39.0. The van der Waals surface area contributed by atoms with Crippen LogP contribution in [0, 0.1) is 0 Å². The standard InChI is InChI=1S/C73H130O6/c1-4-7-10-13-16-18-20-22-24-26-28-30-32-34-35-36-37-39-40-42-44-46-48-50-52-54-57-60-63-66-72(75)78-69-70(68-77-71(74)65-62-59-56-15-12-9-6-3)79-73(76)67-64-61-58-55-53-51-49-47-45-43-41-38-33-31-29-27-25-23-21-19-17-14-11-8-5-2/h20-23,26-29,32-34,38,70H,4-19,24-25,30-31,35-37,39-69H2,1-3H3/b22-20-,23-21-,28-26-,29-27-,34-32-,38-33-. The highest BCUT2D eigenvalue weighted by Crippen LogP contribution is 2.17. The summed E-state index contributed by atoms with van der Waals surface area (Å²) in [4.78, 5) is 38.2. The van der Waals surface area contributed by atoms with Crippen LogP contribution in [0.3, 0.4) is 0 Å². The Labute approximate surface area is 491 Å². The first-order valence-corrected chi connectivity index (χ1v) is 34.4. The van der Waals surface area contributed by atoms with Gasteiger partial charge in [0.1, 0.15) is 13.2 Å². The molecule has 79 heavy (non-hydrogen) atoms. The molecule has 0 saturated carbocycles. The van der Waals surface area contributed by atoms with E-state index in [-0.39, 0.29) is 31.1 Å². The second kappa shape index (κ2) is 67.4. The molecule has 0 saturated heterocycles. The van der Waals surface area contributed by atoms with E-state index in [1.165, 1.54) is 231 Å². The van der Waals surface area contributed by atoms with Gasteiger partial charge in [-0.05, 0) is 96.3 Å². The Hall–Kier alpha value is -3.15. The van der Waals surface area contributed by atoms with Crippen LogP contribution in [0.1, 0.15) is 355 Å². The zero-order chi connectivity index (χ0) is 57.1. The van der Waals surface area contributed by atoms with Gasteiger partial charge in [-0.3, -0.25) is 14.4 Å². The average Bonchev–Trinajstić information content (AvgIpc) is 3.45. The van der Waals surface area contributed by atoms with Crippen LogP contribution in [0.2, 0.25) is 0 Å². The molecule has 0 aliphatic carbocycles. The van der Waals surface area contributed by atoms with Gasteiger partial charge in [0.25, 0.3) is 0 Å². The van der Waals surface area contributed by atoms with Crippen LogP contribution >= 0.6 is 0 Å². The van der Waals surface area contributed by atoms with Crippen molar-refractivity contribution in [2.45, 2.75) is 361 Å². The molecule has 0 amide bonds. The van der Waals surface area contributed by atoms with Gasteiger partial charge in [0.05, 0.1) is 0 Å². The van der Waals surface area contributed by atoms with E-state index in [0.29, 0.717) is 19.3 Å². The Bertz CT molecular complexity index is 1450. The summed E-state index contributed by atoms with van der Waals surface area (Å²) in [6, 6.07) is 0. The lowest BCUT2D eigenvalue weighted by atomic mass is 10.0. The van der Waals surface area contributed by atoms with Crippen molar-refractivity contribution >= 4 is 17.9 Å². The van der Waals surface area contributed by atoms with Gasteiger partial charge >= 0.3 is 17.9 Å². The van der Waals surface area contributed by atoms with Gasteiger partial charge in [-0.1, -0.05) is 312 Å². The number of rotatable bonds is 63. The number of carbonyl (C=O) groups is 3. The molecule has 0 aromatic rings. The Morgan fingerprint density at radius 3 is 0.709 bits per heavy atom. The maximum Gasteiger partial charge on any atom is 0.306 e. The van der Waals surface area contributed by atoms with Gasteiger partial charge in [0.2, 0.25) is 0 Å². The molecule has 0 N–H and O–H groups in total. The van der Waals surface area contributed by atoms with E-state index >= 15 is 0 Å². The lowest BCUT2D eigenvalue weighted by Crippen LogP contribution is -2.30. The minimum atomic E-state index is -0.775. The monoisotopic (exact) mass is 1100 g/mol. The highest BCUT2D eigenvalue weighted by atomic mass is 16.6. The number of hydrogen-bond acceptors (Lipinski definition) is 6. The van der Waals surface area contributed by atoms with E-state index in [0.717, 1.165) is 83.5 Å². The quantitative estimate of drug-likeness (QED) is 0.0261. The summed E-state index contributed by atoms with van der Waals surface area (Å²) in [7, 11) is 0. The van der Waals surface area contributed by atoms with Crippen LogP contribution in [0.15, 0.2) is 72.9 Å². The summed E-state index contributed by atoms with van der Waals surface area (Å²) in [5.41, 5.74) is 0. The van der Waals surface area contributed by atoms with E-state index in [2.05, 4.69) is 93.7 Å². The lowest BCUT2D eigenvalue weighted by molar-refractivity contribution is -0.167. The van der Waals surface area contributed by atoms with E-state index in [4.69, 9.17) is 14.2 Å². The van der Waals surface area contributed by atoms with Gasteiger partial charge in [-0.2, -0.15) is 0 Å². The molecule has 0 spiro atoms. The summed E-state index contributed by atoms with van der Waals surface area (Å²) < 4.78 is 16.9. The van der Waals surface area contributed by atoms with E-state index in [9.17, 15) is 14.4 Å². The number of hydrogen-bond donors (Lipinski definition) is 0. The van der Waals surface area contributed by atoms with Crippen molar-refractivity contribution in [2.75, 3.05) is 13.2 Å². The number of ether oxygens (including phenoxy) is 3. The predicted octanol–water partition coefficient (Wildman–Crippen LogP) is 23.7. The summed E-state index contributed by atoms with van der Waals surface area (Å²) in [6.07, 6.45) is 88.1. The molecule has 1 atom stereocenters. The first kappa shape index (κ1) is 75.8. The highest BCUT2D eigenvalue weighted by Gasteiger charge is 2.19. The minimum absolute atomic E-state index is 0.0743. The molecule has 0 fully saturated rings. The Balaban J connectivity index is 4.09. The second-order valence-corrected chi connectivity index (χ2v) is 23.1. The zero-order valence-corrected chi connectivity index (χ0v) is 52.6. The van der Waals surface area contributed by atoms with Gasteiger partial charge in [0.15, 0.2) is 6.10 Å². The van der Waals surface area contributed by atoms with E-state index in [1.54, 1.807) is 0 Å². The predicted molar refractivity (Wildman–Crippen MR) is 344 cm³/mol. The van der Waals surface area contributed by atoms with Crippen LogP contribution in [-0.2, 0) is 28.6 Å². The third kappa shape index (κ3) is 65.5. The van der Waals surface area contributed by atoms with Crippen molar-refractivity contribution < 1.29 is 28.6 Å². The summed E-state index contributed by atoms with van der Waals surface area (Å²) in [5.74, 6) is -0.869. The van der Waals surface area contributed by atoms with Crippen molar-refractivity contribution in [3.63, 3.8) is 0 Å². The van der Waals surface area contributed by atoms with Crippen molar-refractivity contribution in [3.8, 4) is 0 Å². The lowest BCUT2D eigenvalue weighted by Gasteiger charge is -2.18. The number of carbonyl (C=O) groups excluding carboxylic acids is 3. The van der Waals surface area contributed by atoms with Gasteiger partial charge in [-0.25, -0.2) is 0 Å². The Kier molecular flexibility index (Phi) is 64.7. The molecular formula is C73H130O6. The van der Waals surface area contributed by atoms with Gasteiger partial charge in [0, 0.05) is 19.3 Å². The smallest absolute Gasteiger partial charge is 0.306 e. The molecule has 6 heteroatoms. The number of unbranched alkanes of at least 4 members (excludes halogenated alkanes) is 40. The largest absolute Gasteiger partial charge is 0.462 e. The fraction of sp³-hybridized carbons (Fsp3) is 0.795. The molecule has 1 unspecified atom stereocenters. The summed E-state index contributed by atoms with van der Waals surface area (Å²) in [5, 5.41) is 0. The van der Waals surface area contributed by atoms with Crippen molar-refractivity contribution in [1.82, 2.24) is 0 Å². The third-order valence-electron chi connectivity index (χ3n) is 15.2. The van der Waals surface area contributed by atoms with Crippen LogP contribution in [-0.4, -0.2) is 37.2 Å². The SMILES string of the molecule is CCCCCCC/C=C\C/C=C\C/C=C\CCCCCCCCCCCCCCCCC(=O)OCC(COC(=O)CCCCCCCCC)OC(=O)CCCCCCCCCCCC/C=C\C/C=C\C/C=C\CCCCCCC. The van der Waals surface area contributed by atoms with Crippen molar-refractivity contribution in [1.29, 1.82) is 0 Å².